The van der Waals surface area contributed by atoms with E-state index >= 15 is 0 Å². The molecule has 46 valence electrons. The fraction of sp³-hybridized carbons (Fsp3) is 0.667. The summed E-state index contributed by atoms with van der Waals surface area (Å²) in [5.74, 6) is 0. The highest BCUT2D eigenvalue weighted by Gasteiger charge is 2.24. The largest absolute Gasteiger partial charge is 0.384 e. The van der Waals surface area contributed by atoms with Gasteiger partial charge in [0.15, 0.2) is 10.0 Å². The lowest BCUT2D eigenvalue weighted by Crippen LogP contribution is -2.34. The monoisotopic (exact) mass is 153 g/mol. The van der Waals surface area contributed by atoms with Crippen LogP contribution in [0.1, 0.15) is 0 Å². The van der Waals surface area contributed by atoms with Gasteiger partial charge in [0.25, 0.3) is 0 Å². The fourth-order valence-electron chi connectivity index (χ4n) is 0.405. The van der Waals surface area contributed by atoms with Crippen molar-refractivity contribution in [3.05, 3.63) is 0 Å². The van der Waals surface area contributed by atoms with Crippen molar-refractivity contribution in [1.29, 1.82) is 0 Å². The van der Waals surface area contributed by atoms with E-state index in [2.05, 4.69) is 4.99 Å². The Bertz CT molecular complexity index is 157. The van der Waals surface area contributed by atoms with Crippen LogP contribution in [-0.2, 0) is 10.0 Å². The van der Waals surface area contributed by atoms with Gasteiger partial charge < -0.3 is 5.11 Å². The summed E-state index contributed by atoms with van der Waals surface area (Å²) < 4.78 is 10.2. The predicted octanol–water partition coefficient (Wildman–Crippen LogP) is -0.338. The molecule has 0 fully saturated rings. The second kappa shape index (κ2) is 2.13. The van der Waals surface area contributed by atoms with Crippen molar-refractivity contribution in [2.24, 2.45) is 4.99 Å². The Morgan fingerprint density at radius 2 is 2.62 bits per heavy atom. The van der Waals surface area contributed by atoms with E-state index < -0.39 is 16.1 Å². The molecule has 2 atom stereocenters. The number of aliphatic hydroxyl groups is 1. The number of rotatable bonds is 0. The minimum absolute atomic E-state index is 0.201. The highest BCUT2D eigenvalue weighted by molar-refractivity contribution is 8.20. The summed E-state index contributed by atoms with van der Waals surface area (Å²) in [6, 6.07) is 0. The maximum Gasteiger partial charge on any atom is 0.164 e. The maximum absolute atomic E-state index is 10.2. The van der Waals surface area contributed by atoms with Crippen LogP contribution in [0.4, 0.5) is 0 Å². The van der Waals surface area contributed by atoms with E-state index in [0.29, 0.717) is 6.54 Å². The Kier molecular flexibility index (Phi) is 1.65. The van der Waals surface area contributed by atoms with E-state index in [1.54, 1.807) is 0 Å². The van der Waals surface area contributed by atoms with Gasteiger partial charge in [-0.3, -0.25) is 4.99 Å². The molecule has 1 aliphatic rings. The van der Waals surface area contributed by atoms with Crippen LogP contribution in [0.3, 0.4) is 0 Å². The molecule has 1 aliphatic heterocycles. The van der Waals surface area contributed by atoms with E-state index in [1.807, 2.05) is 0 Å². The van der Waals surface area contributed by atoms with Crippen LogP contribution in [0.25, 0.3) is 0 Å². The summed E-state index contributed by atoms with van der Waals surface area (Å²) in [4.78, 5) is 3.58. The average Bonchev–Trinajstić information content (AvgIpc) is 1.61. The molecule has 0 amide bonds. The number of aliphatic imine (C=N–C) groups is 1. The van der Waals surface area contributed by atoms with E-state index in [0.717, 1.165) is 0 Å². The molecule has 0 aromatic carbocycles. The van der Waals surface area contributed by atoms with E-state index in [9.17, 15) is 4.21 Å². The second-order valence-corrected chi connectivity index (χ2v) is 3.12. The molecule has 2 unspecified atom stereocenters. The van der Waals surface area contributed by atoms with Crippen LogP contribution in [0, 0.1) is 0 Å². The highest BCUT2D eigenvalue weighted by Crippen LogP contribution is 2.08. The average molecular weight is 154 g/mol. The first-order chi connectivity index (χ1) is 3.72. The van der Waals surface area contributed by atoms with Gasteiger partial charge >= 0.3 is 0 Å². The molecule has 0 aliphatic carbocycles. The van der Waals surface area contributed by atoms with Crippen molar-refractivity contribution in [1.82, 2.24) is 0 Å². The topological polar surface area (TPSA) is 49.7 Å². The molecule has 0 saturated carbocycles. The Labute approximate surface area is 53.3 Å². The second-order valence-electron chi connectivity index (χ2n) is 1.42. The van der Waals surface area contributed by atoms with Crippen LogP contribution < -0.4 is 0 Å². The Morgan fingerprint density at radius 1 is 2.00 bits per heavy atom. The van der Waals surface area contributed by atoms with Crippen LogP contribution in [0.2, 0.25) is 0 Å². The quantitative estimate of drug-likeness (QED) is 0.484. The van der Waals surface area contributed by atoms with Crippen molar-refractivity contribution in [2.75, 3.05) is 6.54 Å². The van der Waals surface area contributed by atoms with Crippen LogP contribution in [0.15, 0.2) is 4.99 Å². The normalized spacial score (nSPS) is 30.8. The van der Waals surface area contributed by atoms with Gasteiger partial charge in [-0.1, -0.05) is 0 Å². The predicted molar refractivity (Wildman–Crippen MR) is 32.3 cm³/mol. The molecule has 8 heavy (non-hydrogen) atoms. The van der Waals surface area contributed by atoms with Crippen LogP contribution in [-0.4, -0.2) is 27.0 Å². The minimum atomic E-state index is -1.58. The summed E-state index contributed by atoms with van der Waals surface area (Å²) in [5, 5.41) is 8.87. The Balaban J connectivity index is 2.62. The van der Waals surface area contributed by atoms with Crippen LogP contribution in [0.5, 0.6) is 0 Å². The molecule has 5 heteroatoms. The van der Waals surface area contributed by atoms with Crippen molar-refractivity contribution in [2.45, 2.75) is 6.10 Å². The summed E-state index contributed by atoms with van der Waals surface area (Å²) >= 11 is 0. The van der Waals surface area contributed by atoms with Gasteiger partial charge in [0.2, 0.25) is 0 Å². The van der Waals surface area contributed by atoms with Crippen molar-refractivity contribution < 1.29 is 9.32 Å². The highest BCUT2D eigenvalue weighted by atomic mass is 35.7. The molecular formula is C3H4ClNO2S. The van der Waals surface area contributed by atoms with E-state index in [4.69, 9.17) is 15.8 Å². The maximum atomic E-state index is 10.2. The lowest BCUT2D eigenvalue weighted by molar-refractivity contribution is 0.236. The SMILES string of the molecule is O=S(Cl)C1=NCC1O. The van der Waals surface area contributed by atoms with E-state index in [-0.39, 0.29) is 5.04 Å². The number of nitrogens with zero attached hydrogens (tertiary/aromatic N) is 1. The van der Waals surface area contributed by atoms with E-state index in [1.165, 1.54) is 0 Å². The fourth-order valence-corrected chi connectivity index (χ4v) is 1.32. The lowest BCUT2D eigenvalue weighted by Gasteiger charge is -2.15. The Morgan fingerprint density at radius 3 is 2.62 bits per heavy atom. The van der Waals surface area contributed by atoms with Crippen molar-refractivity contribution in [3.8, 4) is 0 Å². The molecule has 1 rings (SSSR count). The molecule has 1 N–H and O–H groups in total. The molecule has 0 radical (unpaired) electrons. The standard InChI is InChI=1S/C3H4ClNO2S/c4-8(7)3-2(6)1-5-3/h2,6H,1H2. The van der Waals surface area contributed by atoms with Crippen LogP contribution >= 0.6 is 10.7 Å². The summed E-state index contributed by atoms with van der Waals surface area (Å²) in [6.45, 7) is 0.341. The van der Waals surface area contributed by atoms with Gasteiger partial charge in [0.05, 0.1) is 6.54 Å². The molecule has 0 saturated heterocycles. The molecular weight excluding hydrogens is 150 g/mol. The number of aliphatic hydroxyl groups excluding tert-OH is 1. The van der Waals surface area contributed by atoms with Gasteiger partial charge in [0, 0.05) is 0 Å². The molecule has 0 aromatic rings. The third-order valence-corrected chi connectivity index (χ3v) is 2.07. The molecule has 0 bridgehead atoms. The first-order valence-corrected chi connectivity index (χ1v) is 4.00. The first kappa shape index (κ1) is 6.19. The Hall–Kier alpha value is 0.0700. The van der Waals surface area contributed by atoms with Gasteiger partial charge in [-0.05, 0) is 10.7 Å². The number of hydrogen-bond donors (Lipinski definition) is 1. The zero-order chi connectivity index (χ0) is 6.15. The lowest BCUT2D eigenvalue weighted by atomic mass is 10.3. The zero-order valence-corrected chi connectivity index (χ0v) is 5.45. The van der Waals surface area contributed by atoms with Gasteiger partial charge in [-0.25, -0.2) is 4.21 Å². The van der Waals surface area contributed by atoms with Gasteiger partial charge in [-0.2, -0.15) is 0 Å². The summed E-state index contributed by atoms with van der Waals surface area (Å²) in [5.41, 5.74) is 0. The molecule has 3 nitrogen and oxygen atoms in total. The first-order valence-electron chi connectivity index (χ1n) is 2.02. The third-order valence-electron chi connectivity index (χ3n) is 0.870. The van der Waals surface area contributed by atoms with Crippen molar-refractivity contribution in [3.63, 3.8) is 0 Å². The molecule has 1 heterocycles. The summed E-state index contributed by atoms with van der Waals surface area (Å²) in [6.07, 6.45) is -0.659. The number of hydrogen-bond acceptors (Lipinski definition) is 3. The van der Waals surface area contributed by atoms with Gasteiger partial charge in [-0.15, -0.1) is 0 Å². The minimum Gasteiger partial charge on any atom is -0.384 e. The number of halogens is 1. The smallest absolute Gasteiger partial charge is 0.164 e. The summed E-state index contributed by atoms with van der Waals surface area (Å²) in [7, 11) is 3.47. The molecule has 0 spiro atoms. The van der Waals surface area contributed by atoms with Gasteiger partial charge in [0.1, 0.15) is 11.1 Å². The zero-order valence-electron chi connectivity index (χ0n) is 3.87. The third kappa shape index (κ3) is 0.913. The molecule has 0 aromatic heterocycles. The van der Waals surface area contributed by atoms with Crippen molar-refractivity contribution >= 4 is 25.7 Å².